The molecule has 2 aromatic heterocycles. The summed E-state index contributed by atoms with van der Waals surface area (Å²) in [5, 5.41) is 6.30. The van der Waals surface area contributed by atoms with Crippen LogP contribution in [0.1, 0.15) is 18.4 Å². The van der Waals surface area contributed by atoms with Crippen molar-refractivity contribution in [3.8, 4) is 16.5 Å². The van der Waals surface area contributed by atoms with Crippen LogP contribution < -0.4 is 10.5 Å². The second-order valence-corrected chi connectivity index (χ2v) is 7.03. The molecule has 0 radical (unpaired) electrons. The number of rotatable bonds is 7. The number of para-hydroxylation sites is 1. The third kappa shape index (κ3) is 3.52. The molecule has 6 nitrogen and oxygen atoms in total. The van der Waals surface area contributed by atoms with Crippen LogP contribution in [0.5, 0.6) is 5.75 Å². The highest BCUT2D eigenvalue weighted by molar-refractivity contribution is 7.13. The van der Waals surface area contributed by atoms with Crippen molar-refractivity contribution in [2.45, 2.75) is 32.1 Å². The Labute approximate surface area is 149 Å². The summed E-state index contributed by atoms with van der Waals surface area (Å²) in [6.45, 7) is 1.12. The Bertz CT molecular complexity index is 896. The molecule has 0 unspecified atom stereocenters. The monoisotopic (exact) mass is 357 g/mol. The molecular formula is C18H19N3O3S. The van der Waals surface area contributed by atoms with E-state index in [1.54, 1.807) is 7.11 Å². The van der Waals surface area contributed by atoms with Gasteiger partial charge < -0.3 is 9.15 Å². The predicted molar refractivity (Wildman–Crippen MR) is 95.6 cm³/mol. The Morgan fingerprint density at radius 3 is 2.88 bits per heavy atom. The van der Waals surface area contributed by atoms with Gasteiger partial charge in [0, 0.05) is 18.2 Å². The van der Waals surface area contributed by atoms with Crippen molar-refractivity contribution in [1.29, 1.82) is 0 Å². The van der Waals surface area contributed by atoms with Gasteiger partial charge in [-0.25, -0.2) is 4.79 Å². The number of benzene rings is 1. The van der Waals surface area contributed by atoms with Gasteiger partial charge in [-0.1, -0.05) is 24.3 Å². The molecule has 130 valence electrons. The molecule has 0 N–H and O–H groups in total. The number of aromatic nitrogens is 2. The standard InChI is InChI=1S/C18H19N3O3S/c1-23-15-6-3-2-5-13(15)11-20(14-8-9-14)12-21-18(22)24-17(19-21)16-7-4-10-25-16/h2-7,10,14H,8-9,11-12H2,1H3. The molecule has 0 amide bonds. The van der Waals surface area contributed by atoms with Crippen molar-refractivity contribution in [2.75, 3.05) is 7.11 Å². The summed E-state index contributed by atoms with van der Waals surface area (Å²) in [6.07, 6.45) is 2.28. The number of nitrogens with zero attached hydrogens (tertiary/aromatic N) is 3. The fourth-order valence-corrected chi connectivity index (χ4v) is 3.50. The molecule has 1 aliphatic carbocycles. The highest BCUT2D eigenvalue weighted by atomic mass is 32.1. The van der Waals surface area contributed by atoms with Crippen LogP contribution in [0.4, 0.5) is 0 Å². The average Bonchev–Trinajstić information content (AvgIpc) is 3.20. The van der Waals surface area contributed by atoms with E-state index in [9.17, 15) is 4.79 Å². The number of thiophene rings is 1. The van der Waals surface area contributed by atoms with Gasteiger partial charge in [-0.2, -0.15) is 4.68 Å². The molecule has 0 atom stereocenters. The summed E-state index contributed by atoms with van der Waals surface area (Å²) in [5.74, 6) is 0.821. The van der Waals surface area contributed by atoms with Crippen molar-refractivity contribution in [2.24, 2.45) is 0 Å². The molecule has 0 saturated heterocycles. The van der Waals surface area contributed by atoms with E-state index in [0.717, 1.165) is 29.0 Å². The lowest BCUT2D eigenvalue weighted by molar-refractivity contribution is 0.180. The molecule has 3 aromatic rings. The van der Waals surface area contributed by atoms with E-state index in [4.69, 9.17) is 9.15 Å². The van der Waals surface area contributed by atoms with Gasteiger partial charge in [-0.15, -0.1) is 16.4 Å². The number of hydrogen-bond donors (Lipinski definition) is 0. The lowest BCUT2D eigenvalue weighted by Crippen LogP contribution is -2.32. The van der Waals surface area contributed by atoms with Gasteiger partial charge >= 0.3 is 5.76 Å². The highest BCUT2D eigenvalue weighted by Crippen LogP contribution is 2.30. The maximum atomic E-state index is 12.2. The van der Waals surface area contributed by atoms with Crippen LogP contribution in [0.3, 0.4) is 0 Å². The second kappa shape index (κ2) is 6.85. The molecule has 0 aliphatic heterocycles. The molecule has 1 aliphatic rings. The van der Waals surface area contributed by atoms with Crippen LogP contribution in [-0.4, -0.2) is 27.8 Å². The zero-order valence-corrected chi connectivity index (χ0v) is 14.7. The molecule has 1 aromatic carbocycles. The van der Waals surface area contributed by atoms with E-state index < -0.39 is 5.76 Å². The normalized spacial score (nSPS) is 14.2. The SMILES string of the molecule is COc1ccccc1CN(Cn1nc(-c2cccs2)oc1=O)C1CC1. The zero-order chi connectivity index (χ0) is 17.2. The Morgan fingerprint density at radius 2 is 2.16 bits per heavy atom. The molecule has 2 heterocycles. The summed E-state index contributed by atoms with van der Waals surface area (Å²) in [5.41, 5.74) is 1.10. The minimum atomic E-state index is -0.422. The van der Waals surface area contributed by atoms with Crippen LogP contribution in [0.25, 0.3) is 10.8 Å². The van der Waals surface area contributed by atoms with Crippen LogP contribution in [-0.2, 0) is 13.2 Å². The van der Waals surface area contributed by atoms with E-state index in [2.05, 4.69) is 16.1 Å². The van der Waals surface area contributed by atoms with Crippen LogP contribution in [0, 0.1) is 0 Å². The summed E-state index contributed by atoms with van der Waals surface area (Å²) < 4.78 is 12.2. The van der Waals surface area contributed by atoms with Crippen LogP contribution in [0.15, 0.2) is 51.0 Å². The van der Waals surface area contributed by atoms with E-state index in [1.165, 1.54) is 16.0 Å². The van der Waals surface area contributed by atoms with E-state index in [-0.39, 0.29) is 0 Å². The van der Waals surface area contributed by atoms with Gasteiger partial charge in [-0.3, -0.25) is 4.90 Å². The molecule has 4 rings (SSSR count). The van der Waals surface area contributed by atoms with E-state index in [0.29, 0.717) is 25.1 Å². The third-order valence-corrected chi connectivity index (χ3v) is 5.14. The molecule has 1 saturated carbocycles. The van der Waals surface area contributed by atoms with Crippen molar-refractivity contribution < 1.29 is 9.15 Å². The third-order valence-electron chi connectivity index (χ3n) is 4.28. The smallest absolute Gasteiger partial charge is 0.438 e. The fraction of sp³-hybridized carbons (Fsp3) is 0.333. The van der Waals surface area contributed by atoms with Crippen molar-refractivity contribution >= 4 is 11.3 Å². The van der Waals surface area contributed by atoms with E-state index >= 15 is 0 Å². The summed E-state index contributed by atoms with van der Waals surface area (Å²) in [6, 6.07) is 12.2. The minimum absolute atomic E-state index is 0.382. The second-order valence-electron chi connectivity index (χ2n) is 6.08. The fourth-order valence-electron chi connectivity index (χ4n) is 2.85. The average molecular weight is 357 g/mol. The molecule has 0 bridgehead atoms. The highest BCUT2D eigenvalue weighted by Gasteiger charge is 2.30. The van der Waals surface area contributed by atoms with E-state index in [1.807, 2.05) is 35.7 Å². The van der Waals surface area contributed by atoms with Crippen LogP contribution >= 0.6 is 11.3 Å². The predicted octanol–water partition coefficient (Wildman–Crippen LogP) is 3.20. The van der Waals surface area contributed by atoms with Crippen LogP contribution in [0.2, 0.25) is 0 Å². The van der Waals surface area contributed by atoms with Gasteiger partial charge in [0.15, 0.2) is 0 Å². The first-order chi connectivity index (χ1) is 12.2. The molecular weight excluding hydrogens is 338 g/mol. The maximum absolute atomic E-state index is 12.2. The van der Waals surface area contributed by atoms with Gasteiger partial charge in [0.25, 0.3) is 5.89 Å². The minimum Gasteiger partial charge on any atom is -0.496 e. The molecule has 0 spiro atoms. The maximum Gasteiger partial charge on any atom is 0.438 e. The largest absolute Gasteiger partial charge is 0.496 e. The van der Waals surface area contributed by atoms with Crippen molar-refractivity contribution in [3.63, 3.8) is 0 Å². The summed E-state index contributed by atoms with van der Waals surface area (Å²) >= 11 is 1.50. The number of hydrogen-bond acceptors (Lipinski definition) is 6. The van der Waals surface area contributed by atoms with Gasteiger partial charge in [0.1, 0.15) is 12.4 Å². The first-order valence-corrected chi connectivity index (χ1v) is 9.10. The van der Waals surface area contributed by atoms with Gasteiger partial charge in [0.05, 0.1) is 12.0 Å². The summed E-state index contributed by atoms with van der Waals surface area (Å²) in [4.78, 5) is 15.3. The topological polar surface area (TPSA) is 60.5 Å². The Kier molecular flexibility index (Phi) is 4.42. The number of methoxy groups -OCH3 is 1. The molecule has 7 heteroatoms. The zero-order valence-electron chi connectivity index (χ0n) is 13.9. The molecule has 1 fully saturated rings. The Morgan fingerprint density at radius 1 is 1.32 bits per heavy atom. The quantitative estimate of drug-likeness (QED) is 0.650. The van der Waals surface area contributed by atoms with Crippen molar-refractivity contribution in [3.05, 3.63) is 57.9 Å². The summed E-state index contributed by atoms with van der Waals surface area (Å²) in [7, 11) is 1.68. The van der Waals surface area contributed by atoms with Gasteiger partial charge in [-0.05, 0) is 30.4 Å². The Hall–Kier alpha value is -2.38. The first kappa shape index (κ1) is 16.1. The van der Waals surface area contributed by atoms with Crippen molar-refractivity contribution in [1.82, 2.24) is 14.7 Å². The first-order valence-electron chi connectivity index (χ1n) is 8.22. The molecule has 25 heavy (non-hydrogen) atoms. The Balaban J connectivity index is 1.56. The lowest BCUT2D eigenvalue weighted by atomic mass is 10.2. The number of ether oxygens (including phenoxy) is 1. The van der Waals surface area contributed by atoms with Gasteiger partial charge in [0.2, 0.25) is 0 Å². The lowest BCUT2D eigenvalue weighted by Gasteiger charge is -2.22.